The smallest absolute Gasteiger partial charge is 0.132 e. The van der Waals surface area contributed by atoms with Crippen molar-refractivity contribution in [1.29, 1.82) is 0 Å². The summed E-state index contributed by atoms with van der Waals surface area (Å²) < 4.78 is 0. The monoisotopic (exact) mass is 217 g/mol. The molecule has 0 aliphatic carbocycles. The molecule has 0 radical (unpaired) electrons. The maximum absolute atomic E-state index is 5.67. The molecular weight excluding hydrogens is 206 g/mol. The molecule has 0 bridgehead atoms. The molecule has 2 heterocycles. The van der Waals surface area contributed by atoms with Crippen LogP contribution < -0.4 is 5.32 Å². The highest BCUT2D eigenvalue weighted by Gasteiger charge is 2.18. The standard InChI is InChI=1S/C8H12ClN3S/c9-5-7-11-12-8(13-7)6-1-3-10-4-2-6/h6,10H,1-5H2. The molecule has 1 aliphatic rings. The van der Waals surface area contributed by atoms with Crippen molar-refractivity contribution in [3.05, 3.63) is 10.0 Å². The van der Waals surface area contributed by atoms with Crippen LogP contribution in [0.15, 0.2) is 0 Å². The van der Waals surface area contributed by atoms with E-state index in [0.717, 1.165) is 23.1 Å². The average molecular weight is 218 g/mol. The zero-order chi connectivity index (χ0) is 9.10. The Morgan fingerprint density at radius 3 is 2.77 bits per heavy atom. The zero-order valence-electron chi connectivity index (χ0n) is 7.29. The topological polar surface area (TPSA) is 37.8 Å². The lowest BCUT2D eigenvalue weighted by molar-refractivity contribution is 0.457. The lowest BCUT2D eigenvalue weighted by Gasteiger charge is -2.19. The van der Waals surface area contributed by atoms with Gasteiger partial charge < -0.3 is 5.32 Å². The summed E-state index contributed by atoms with van der Waals surface area (Å²) >= 11 is 7.33. The Balaban J connectivity index is 2.05. The number of alkyl halides is 1. The number of nitrogens with one attached hydrogen (secondary N) is 1. The molecule has 1 aromatic heterocycles. The molecule has 5 heteroatoms. The fourth-order valence-electron chi connectivity index (χ4n) is 1.55. The first-order valence-corrected chi connectivity index (χ1v) is 5.84. The van der Waals surface area contributed by atoms with Gasteiger partial charge in [0.05, 0.1) is 5.88 Å². The molecule has 0 atom stereocenters. The normalized spacial score (nSPS) is 19.2. The minimum absolute atomic E-state index is 0.489. The van der Waals surface area contributed by atoms with Gasteiger partial charge in [0.15, 0.2) is 0 Å². The van der Waals surface area contributed by atoms with E-state index < -0.39 is 0 Å². The van der Waals surface area contributed by atoms with Crippen LogP contribution >= 0.6 is 22.9 Å². The molecular formula is C8H12ClN3S. The molecule has 1 aromatic rings. The van der Waals surface area contributed by atoms with E-state index in [2.05, 4.69) is 15.5 Å². The van der Waals surface area contributed by atoms with E-state index in [1.54, 1.807) is 11.3 Å². The van der Waals surface area contributed by atoms with Crippen molar-refractivity contribution in [3.8, 4) is 0 Å². The van der Waals surface area contributed by atoms with Gasteiger partial charge in [-0.1, -0.05) is 11.3 Å². The predicted octanol–water partition coefficient (Wildman–Crippen LogP) is 1.74. The minimum Gasteiger partial charge on any atom is -0.317 e. The zero-order valence-corrected chi connectivity index (χ0v) is 8.87. The first-order chi connectivity index (χ1) is 6.40. The van der Waals surface area contributed by atoms with Gasteiger partial charge in [-0.15, -0.1) is 21.8 Å². The Morgan fingerprint density at radius 2 is 2.15 bits per heavy atom. The Labute approximate surface area is 86.5 Å². The summed E-state index contributed by atoms with van der Waals surface area (Å²) in [7, 11) is 0. The van der Waals surface area contributed by atoms with Gasteiger partial charge in [0.2, 0.25) is 0 Å². The first kappa shape index (κ1) is 9.37. The van der Waals surface area contributed by atoms with Crippen LogP contribution in [0.25, 0.3) is 0 Å². The maximum atomic E-state index is 5.67. The summed E-state index contributed by atoms with van der Waals surface area (Å²) in [4.78, 5) is 0. The van der Waals surface area contributed by atoms with Crippen LogP contribution in [0.4, 0.5) is 0 Å². The van der Waals surface area contributed by atoms with E-state index in [1.165, 1.54) is 12.8 Å². The highest BCUT2D eigenvalue weighted by molar-refractivity contribution is 7.11. The van der Waals surface area contributed by atoms with Crippen LogP contribution in [-0.2, 0) is 5.88 Å². The van der Waals surface area contributed by atoms with Crippen LogP contribution in [-0.4, -0.2) is 23.3 Å². The van der Waals surface area contributed by atoms with Gasteiger partial charge in [-0.05, 0) is 25.9 Å². The second-order valence-corrected chi connectivity index (χ2v) is 4.55. The van der Waals surface area contributed by atoms with Gasteiger partial charge in [0.25, 0.3) is 0 Å². The van der Waals surface area contributed by atoms with Gasteiger partial charge in [0, 0.05) is 5.92 Å². The van der Waals surface area contributed by atoms with Crippen LogP contribution in [0.3, 0.4) is 0 Å². The lowest BCUT2D eigenvalue weighted by atomic mass is 9.99. The SMILES string of the molecule is ClCc1nnc(C2CCNCC2)s1. The average Bonchev–Trinajstić information content (AvgIpc) is 2.67. The van der Waals surface area contributed by atoms with E-state index in [9.17, 15) is 0 Å². The van der Waals surface area contributed by atoms with Crippen molar-refractivity contribution in [1.82, 2.24) is 15.5 Å². The number of halogens is 1. The molecule has 0 unspecified atom stereocenters. The van der Waals surface area contributed by atoms with E-state index in [0.29, 0.717) is 11.8 Å². The van der Waals surface area contributed by atoms with Crippen molar-refractivity contribution < 1.29 is 0 Å². The van der Waals surface area contributed by atoms with E-state index >= 15 is 0 Å². The molecule has 1 saturated heterocycles. The second-order valence-electron chi connectivity index (χ2n) is 3.19. The third-order valence-corrected chi connectivity index (χ3v) is 3.78. The number of rotatable bonds is 2. The molecule has 1 aliphatic heterocycles. The van der Waals surface area contributed by atoms with E-state index in [1.807, 2.05) is 0 Å². The van der Waals surface area contributed by atoms with Crippen molar-refractivity contribution in [2.45, 2.75) is 24.6 Å². The van der Waals surface area contributed by atoms with Crippen molar-refractivity contribution in [2.24, 2.45) is 0 Å². The van der Waals surface area contributed by atoms with E-state index in [-0.39, 0.29) is 0 Å². The summed E-state index contributed by atoms with van der Waals surface area (Å²) in [5.74, 6) is 1.10. The summed E-state index contributed by atoms with van der Waals surface area (Å²) in [6.07, 6.45) is 2.35. The van der Waals surface area contributed by atoms with Gasteiger partial charge >= 0.3 is 0 Å². The Bertz CT molecular complexity index is 270. The molecule has 3 nitrogen and oxygen atoms in total. The highest BCUT2D eigenvalue weighted by Crippen LogP contribution is 2.27. The van der Waals surface area contributed by atoms with Crippen LogP contribution in [0, 0.1) is 0 Å². The van der Waals surface area contributed by atoms with Gasteiger partial charge in [0.1, 0.15) is 10.0 Å². The van der Waals surface area contributed by atoms with Gasteiger partial charge in [-0.2, -0.15) is 0 Å². The molecule has 0 saturated carbocycles. The molecule has 0 amide bonds. The van der Waals surface area contributed by atoms with E-state index in [4.69, 9.17) is 11.6 Å². The number of nitrogens with zero attached hydrogens (tertiary/aromatic N) is 2. The minimum atomic E-state index is 0.489. The van der Waals surface area contributed by atoms with Crippen LogP contribution in [0.2, 0.25) is 0 Å². The highest BCUT2D eigenvalue weighted by atomic mass is 35.5. The molecule has 13 heavy (non-hydrogen) atoms. The summed E-state index contributed by atoms with van der Waals surface area (Å²) in [5, 5.41) is 13.6. The third-order valence-electron chi connectivity index (χ3n) is 2.29. The van der Waals surface area contributed by atoms with Crippen LogP contribution in [0.1, 0.15) is 28.8 Å². The number of piperidine rings is 1. The second kappa shape index (κ2) is 4.35. The molecule has 2 rings (SSSR count). The summed E-state index contributed by atoms with van der Waals surface area (Å²) in [6.45, 7) is 2.20. The lowest BCUT2D eigenvalue weighted by Crippen LogP contribution is -2.26. The van der Waals surface area contributed by atoms with Gasteiger partial charge in [-0.25, -0.2) is 0 Å². The Kier molecular flexibility index (Phi) is 3.14. The molecule has 0 aromatic carbocycles. The number of hydrogen-bond acceptors (Lipinski definition) is 4. The fourth-order valence-corrected chi connectivity index (χ4v) is 2.63. The number of aromatic nitrogens is 2. The van der Waals surface area contributed by atoms with Gasteiger partial charge in [-0.3, -0.25) is 0 Å². The molecule has 0 spiro atoms. The molecule has 72 valence electrons. The van der Waals surface area contributed by atoms with Crippen LogP contribution in [0.5, 0.6) is 0 Å². The summed E-state index contributed by atoms with van der Waals surface area (Å²) in [6, 6.07) is 0. The largest absolute Gasteiger partial charge is 0.317 e. The Hall–Kier alpha value is -0.190. The molecule has 1 fully saturated rings. The first-order valence-electron chi connectivity index (χ1n) is 4.49. The quantitative estimate of drug-likeness (QED) is 0.767. The van der Waals surface area contributed by atoms with Crippen molar-refractivity contribution >= 4 is 22.9 Å². The molecule has 1 N–H and O–H groups in total. The fraction of sp³-hybridized carbons (Fsp3) is 0.750. The third kappa shape index (κ3) is 2.18. The maximum Gasteiger partial charge on any atom is 0.132 e. The predicted molar refractivity (Wildman–Crippen MR) is 54.3 cm³/mol. The summed E-state index contributed by atoms with van der Waals surface area (Å²) in [5.41, 5.74) is 0. The number of hydrogen-bond donors (Lipinski definition) is 1. The van der Waals surface area contributed by atoms with Crippen molar-refractivity contribution in [3.63, 3.8) is 0 Å². The Morgan fingerprint density at radius 1 is 1.38 bits per heavy atom. The van der Waals surface area contributed by atoms with Crippen molar-refractivity contribution in [2.75, 3.05) is 13.1 Å².